The van der Waals surface area contributed by atoms with Crippen molar-refractivity contribution in [2.45, 2.75) is 38.4 Å². The summed E-state index contributed by atoms with van der Waals surface area (Å²) in [7, 11) is 0. The van der Waals surface area contributed by atoms with Crippen molar-refractivity contribution in [1.82, 2.24) is 19.8 Å². The van der Waals surface area contributed by atoms with Crippen LogP contribution in [-0.4, -0.2) is 37.1 Å². The first-order chi connectivity index (χ1) is 16.5. The molecule has 2 aromatic heterocycles. The highest BCUT2D eigenvalue weighted by Gasteiger charge is 2.35. The number of amides is 1. The SMILES string of the molecule is Cc1ccc(C2=NN(C(=O)CSc3nnc(C)n3-c3cccc(C)c3)C(c3ccco3)C2)cc1. The molecule has 0 spiro atoms. The molecule has 1 aliphatic rings. The average molecular weight is 472 g/mol. The highest BCUT2D eigenvalue weighted by Crippen LogP contribution is 2.34. The number of aryl methyl sites for hydroxylation is 3. The fraction of sp³-hybridized carbons (Fsp3) is 0.231. The number of benzene rings is 2. The zero-order valence-corrected chi connectivity index (χ0v) is 20.1. The highest BCUT2D eigenvalue weighted by atomic mass is 32.2. The monoisotopic (exact) mass is 471 g/mol. The van der Waals surface area contributed by atoms with E-state index in [1.807, 2.05) is 60.9 Å². The van der Waals surface area contributed by atoms with E-state index in [1.54, 1.807) is 11.3 Å². The van der Waals surface area contributed by atoms with Crippen LogP contribution < -0.4 is 0 Å². The van der Waals surface area contributed by atoms with Crippen LogP contribution in [0.4, 0.5) is 0 Å². The summed E-state index contributed by atoms with van der Waals surface area (Å²) in [6, 6.07) is 19.8. The standard InChI is InChI=1S/C26H25N5O2S/c1-17-9-11-20(12-10-17)22-15-23(24-8-5-13-33-24)31(29-22)25(32)16-34-26-28-27-19(3)30(26)21-7-4-6-18(2)14-21/h4-14,23H,15-16H2,1-3H3. The van der Waals surface area contributed by atoms with Crippen LogP contribution in [0.2, 0.25) is 0 Å². The maximum Gasteiger partial charge on any atom is 0.253 e. The molecule has 5 rings (SSSR count). The van der Waals surface area contributed by atoms with Crippen LogP contribution in [-0.2, 0) is 4.79 Å². The molecule has 4 aromatic rings. The summed E-state index contributed by atoms with van der Waals surface area (Å²) in [5, 5.41) is 15.5. The molecular formula is C26H25N5O2S. The van der Waals surface area contributed by atoms with Gasteiger partial charge in [-0.1, -0.05) is 53.7 Å². The van der Waals surface area contributed by atoms with Gasteiger partial charge in [0.05, 0.1) is 17.7 Å². The normalized spacial score (nSPS) is 15.6. The van der Waals surface area contributed by atoms with Crippen molar-refractivity contribution in [1.29, 1.82) is 0 Å². The first kappa shape index (κ1) is 22.2. The van der Waals surface area contributed by atoms with Gasteiger partial charge in [-0.15, -0.1) is 10.2 Å². The third-order valence-corrected chi connectivity index (χ3v) is 6.72. The van der Waals surface area contributed by atoms with Gasteiger partial charge in [0.25, 0.3) is 5.91 Å². The smallest absolute Gasteiger partial charge is 0.253 e. The highest BCUT2D eigenvalue weighted by molar-refractivity contribution is 7.99. The van der Waals surface area contributed by atoms with Gasteiger partial charge in [-0.05, 0) is 56.2 Å². The molecule has 1 amide bonds. The van der Waals surface area contributed by atoms with Gasteiger partial charge < -0.3 is 4.42 Å². The van der Waals surface area contributed by atoms with Gasteiger partial charge in [-0.3, -0.25) is 9.36 Å². The predicted molar refractivity (Wildman–Crippen MR) is 132 cm³/mol. The van der Waals surface area contributed by atoms with Crippen molar-refractivity contribution in [3.05, 3.63) is 95.2 Å². The Morgan fingerprint density at radius 1 is 1.03 bits per heavy atom. The fourth-order valence-corrected chi connectivity index (χ4v) is 4.91. The van der Waals surface area contributed by atoms with Crippen LogP contribution >= 0.6 is 11.8 Å². The Labute approximate surface area is 202 Å². The van der Waals surface area contributed by atoms with Crippen molar-refractivity contribution in [3.63, 3.8) is 0 Å². The molecule has 2 aromatic carbocycles. The summed E-state index contributed by atoms with van der Waals surface area (Å²) < 4.78 is 7.63. The minimum absolute atomic E-state index is 0.107. The second kappa shape index (κ2) is 9.30. The van der Waals surface area contributed by atoms with E-state index in [0.29, 0.717) is 11.6 Å². The Morgan fingerprint density at radius 2 is 1.85 bits per heavy atom. The van der Waals surface area contributed by atoms with Gasteiger partial charge in [-0.25, -0.2) is 5.01 Å². The van der Waals surface area contributed by atoms with Crippen LogP contribution in [0.25, 0.3) is 5.69 Å². The van der Waals surface area contributed by atoms with E-state index in [1.165, 1.54) is 17.3 Å². The molecule has 7 nitrogen and oxygen atoms in total. The molecular weight excluding hydrogens is 446 g/mol. The number of thioether (sulfide) groups is 1. The summed E-state index contributed by atoms with van der Waals surface area (Å²) in [5.74, 6) is 1.58. The molecule has 1 aliphatic heterocycles. The third-order valence-electron chi connectivity index (χ3n) is 5.80. The number of hydrazone groups is 1. The average Bonchev–Trinajstić information content (AvgIpc) is 3.58. The number of hydrogen-bond donors (Lipinski definition) is 0. The van der Waals surface area contributed by atoms with Crippen molar-refractivity contribution >= 4 is 23.4 Å². The topological polar surface area (TPSA) is 76.5 Å². The molecule has 8 heteroatoms. The van der Waals surface area contributed by atoms with Crippen molar-refractivity contribution in [2.24, 2.45) is 5.10 Å². The van der Waals surface area contributed by atoms with E-state index < -0.39 is 0 Å². The Bertz CT molecular complexity index is 1340. The molecule has 172 valence electrons. The Morgan fingerprint density at radius 3 is 2.59 bits per heavy atom. The van der Waals surface area contributed by atoms with Gasteiger partial charge in [0, 0.05) is 12.1 Å². The van der Waals surface area contributed by atoms with Crippen LogP contribution in [0.5, 0.6) is 0 Å². The fourth-order valence-electron chi connectivity index (χ4n) is 4.06. The van der Waals surface area contributed by atoms with Crippen molar-refractivity contribution in [3.8, 4) is 5.69 Å². The Balaban J connectivity index is 1.38. The number of aromatic nitrogens is 3. The van der Waals surface area contributed by atoms with Gasteiger partial charge in [0.2, 0.25) is 0 Å². The lowest BCUT2D eigenvalue weighted by atomic mass is 10.0. The van der Waals surface area contributed by atoms with Crippen LogP contribution in [0.15, 0.2) is 81.6 Å². The summed E-state index contributed by atoms with van der Waals surface area (Å²) in [6.07, 6.45) is 2.23. The zero-order chi connectivity index (χ0) is 23.7. The van der Waals surface area contributed by atoms with E-state index in [4.69, 9.17) is 9.52 Å². The second-order valence-electron chi connectivity index (χ2n) is 8.38. The number of furan rings is 1. The second-order valence-corrected chi connectivity index (χ2v) is 9.32. The van der Waals surface area contributed by atoms with Crippen LogP contribution in [0.3, 0.4) is 0 Å². The lowest BCUT2D eigenvalue weighted by molar-refractivity contribution is -0.130. The van der Waals surface area contributed by atoms with E-state index in [-0.39, 0.29) is 17.7 Å². The summed E-state index contributed by atoms with van der Waals surface area (Å²) in [5.41, 5.74) is 5.20. The van der Waals surface area contributed by atoms with Gasteiger partial charge in [0.15, 0.2) is 5.16 Å². The van der Waals surface area contributed by atoms with Gasteiger partial charge >= 0.3 is 0 Å². The molecule has 34 heavy (non-hydrogen) atoms. The summed E-state index contributed by atoms with van der Waals surface area (Å²) in [6.45, 7) is 6.01. The molecule has 0 fully saturated rings. The van der Waals surface area contributed by atoms with E-state index in [2.05, 4.69) is 35.3 Å². The third kappa shape index (κ3) is 4.41. The number of nitrogens with zero attached hydrogens (tertiary/aromatic N) is 5. The van der Waals surface area contributed by atoms with Crippen molar-refractivity contribution < 1.29 is 9.21 Å². The Hall–Kier alpha value is -3.65. The molecule has 0 saturated carbocycles. The number of carbonyl (C=O) groups excluding carboxylic acids is 1. The number of carbonyl (C=O) groups is 1. The van der Waals surface area contributed by atoms with Gasteiger partial charge in [-0.2, -0.15) is 5.10 Å². The molecule has 3 heterocycles. The minimum atomic E-state index is -0.268. The van der Waals surface area contributed by atoms with Crippen molar-refractivity contribution in [2.75, 3.05) is 5.75 Å². The first-order valence-electron chi connectivity index (χ1n) is 11.1. The van der Waals surface area contributed by atoms with E-state index in [0.717, 1.165) is 34.1 Å². The molecule has 1 atom stereocenters. The molecule has 0 aliphatic carbocycles. The first-order valence-corrected chi connectivity index (χ1v) is 12.1. The maximum absolute atomic E-state index is 13.4. The largest absolute Gasteiger partial charge is 0.467 e. The summed E-state index contributed by atoms with van der Waals surface area (Å²) in [4.78, 5) is 13.4. The van der Waals surface area contributed by atoms with E-state index >= 15 is 0 Å². The number of hydrogen-bond acceptors (Lipinski definition) is 6. The molecule has 0 N–H and O–H groups in total. The quantitative estimate of drug-likeness (QED) is 0.359. The zero-order valence-electron chi connectivity index (χ0n) is 19.3. The molecule has 0 saturated heterocycles. The lowest BCUT2D eigenvalue weighted by Crippen LogP contribution is -2.28. The van der Waals surface area contributed by atoms with Gasteiger partial charge in [0.1, 0.15) is 17.6 Å². The van der Waals surface area contributed by atoms with Crippen LogP contribution in [0.1, 0.15) is 40.7 Å². The van der Waals surface area contributed by atoms with Crippen LogP contribution in [0, 0.1) is 20.8 Å². The lowest BCUT2D eigenvalue weighted by Gasteiger charge is -2.19. The number of rotatable bonds is 6. The van der Waals surface area contributed by atoms with E-state index in [9.17, 15) is 4.79 Å². The molecule has 0 radical (unpaired) electrons. The minimum Gasteiger partial charge on any atom is -0.467 e. The Kier molecular flexibility index (Phi) is 6.06. The molecule has 1 unspecified atom stereocenters. The maximum atomic E-state index is 13.4. The summed E-state index contributed by atoms with van der Waals surface area (Å²) >= 11 is 1.36. The molecule has 0 bridgehead atoms. The predicted octanol–water partition coefficient (Wildman–Crippen LogP) is 5.26.